The van der Waals surface area contributed by atoms with Crippen LogP contribution < -0.4 is 11.1 Å². The first kappa shape index (κ1) is 13.4. The second-order valence-electron chi connectivity index (χ2n) is 4.73. The molecule has 1 saturated carbocycles. The third kappa shape index (κ3) is 3.04. The summed E-state index contributed by atoms with van der Waals surface area (Å²) in [6.07, 6.45) is 9.37. The molecule has 0 spiro atoms. The smallest absolute Gasteiger partial charge is 0.222 e. The normalized spacial score (nSPS) is 18.6. The van der Waals surface area contributed by atoms with Gasteiger partial charge < -0.3 is 11.1 Å². The summed E-state index contributed by atoms with van der Waals surface area (Å²) in [5.41, 5.74) is 5.47. The van der Waals surface area contributed by atoms with E-state index in [1.807, 2.05) is 11.8 Å². The van der Waals surface area contributed by atoms with E-state index >= 15 is 0 Å². The molecular weight excluding hydrogens is 251 g/mol. The lowest BCUT2D eigenvalue weighted by Crippen LogP contribution is -2.36. The van der Waals surface area contributed by atoms with Crippen molar-refractivity contribution in [2.24, 2.45) is 0 Å². The van der Waals surface area contributed by atoms with Gasteiger partial charge in [0.05, 0.1) is 6.20 Å². The number of thioether (sulfide) groups is 1. The maximum atomic E-state index is 13.5. The second-order valence-corrected chi connectivity index (χ2v) is 6.00. The van der Waals surface area contributed by atoms with E-state index < -0.39 is 5.82 Å². The molecule has 1 aliphatic carbocycles. The minimum absolute atomic E-state index is 0.0979. The number of hydrogen-bond acceptors (Lipinski definition) is 5. The summed E-state index contributed by atoms with van der Waals surface area (Å²) in [7, 11) is 0. The Hall–Kier alpha value is -1.04. The van der Waals surface area contributed by atoms with Crippen LogP contribution in [0.25, 0.3) is 0 Å². The predicted octanol–water partition coefficient (Wildman–Crippen LogP) is 2.68. The molecule has 1 aliphatic rings. The number of anilines is 2. The van der Waals surface area contributed by atoms with Gasteiger partial charge in [0.1, 0.15) is 0 Å². The van der Waals surface area contributed by atoms with Gasteiger partial charge in [-0.15, -0.1) is 0 Å². The van der Waals surface area contributed by atoms with Crippen LogP contribution in [0.5, 0.6) is 0 Å². The van der Waals surface area contributed by atoms with Crippen molar-refractivity contribution in [2.75, 3.05) is 23.9 Å². The Morgan fingerprint density at radius 1 is 1.44 bits per heavy atom. The first-order chi connectivity index (χ1) is 8.65. The number of nitrogens with one attached hydrogen (secondary N) is 1. The summed E-state index contributed by atoms with van der Waals surface area (Å²) in [5.74, 6) is -0.140. The van der Waals surface area contributed by atoms with E-state index in [4.69, 9.17) is 5.73 Å². The summed E-state index contributed by atoms with van der Waals surface area (Å²) >= 11 is 1.86. The van der Waals surface area contributed by atoms with Crippen molar-refractivity contribution in [1.82, 2.24) is 9.97 Å². The van der Waals surface area contributed by atoms with Crippen molar-refractivity contribution in [3.8, 4) is 0 Å². The van der Waals surface area contributed by atoms with E-state index in [0.29, 0.717) is 0 Å². The lowest BCUT2D eigenvalue weighted by Gasteiger charge is -2.36. The topological polar surface area (TPSA) is 63.8 Å². The standard InChI is InChI=1S/C12H19FN4S/c1-18-12(5-3-2-4-6-12)8-16-10-9(13)7-15-11(14)17-10/h7H,2-6,8H2,1H3,(H3,14,15,16,17). The molecule has 1 aromatic heterocycles. The van der Waals surface area contributed by atoms with Crippen LogP contribution in [0.3, 0.4) is 0 Å². The van der Waals surface area contributed by atoms with Crippen LogP contribution in [0.4, 0.5) is 16.2 Å². The number of aromatic nitrogens is 2. The van der Waals surface area contributed by atoms with Crippen LogP contribution in [0.2, 0.25) is 0 Å². The van der Waals surface area contributed by atoms with Crippen molar-refractivity contribution in [1.29, 1.82) is 0 Å². The van der Waals surface area contributed by atoms with Gasteiger partial charge in [-0.1, -0.05) is 19.3 Å². The molecular formula is C12H19FN4S. The number of nitrogen functional groups attached to an aromatic ring is 1. The molecule has 0 saturated heterocycles. The van der Waals surface area contributed by atoms with Gasteiger partial charge in [-0.25, -0.2) is 9.37 Å². The Kier molecular flexibility index (Phi) is 4.27. The monoisotopic (exact) mass is 270 g/mol. The van der Waals surface area contributed by atoms with Crippen molar-refractivity contribution in [3.05, 3.63) is 12.0 Å². The maximum Gasteiger partial charge on any atom is 0.222 e. The zero-order chi connectivity index (χ0) is 13.0. The van der Waals surface area contributed by atoms with Crippen LogP contribution in [-0.2, 0) is 0 Å². The highest BCUT2D eigenvalue weighted by Crippen LogP contribution is 2.38. The Morgan fingerprint density at radius 3 is 2.83 bits per heavy atom. The molecule has 6 heteroatoms. The number of nitrogens with zero attached hydrogens (tertiary/aromatic N) is 2. The summed E-state index contributed by atoms with van der Waals surface area (Å²) < 4.78 is 13.7. The zero-order valence-electron chi connectivity index (χ0n) is 10.6. The van der Waals surface area contributed by atoms with Crippen LogP contribution in [0.15, 0.2) is 6.20 Å². The Balaban J connectivity index is 2.03. The molecule has 18 heavy (non-hydrogen) atoms. The maximum absolute atomic E-state index is 13.5. The van der Waals surface area contributed by atoms with Gasteiger partial charge in [0, 0.05) is 11.3 Å². The van der Waals surface area contributed by atoms with Crippen molar-refractivity contribution in [2.45, 2.75) is 36.9 Å². The molecule has 4 nitrogen and oxygen atoms in total. The molecule has 0 bridgehead atoms. The minimum atomic E-state index is -0.448. The summed E-state index contributed by atoms with van der Waals surface area (Å²) in [6, 6.07) is 0. The van der Waals surface area contributed by atoms with Crippen molar-refractivity contribution >= 4 is 23.5 Å². The molecule has 0 aliphatic heterocycles. The van der Waals surface area contributed by atoms with E-state index in [2.05, 4.69) is 21.5 Å². The summed E-state index contributed by atoms with van der Waals surface area (Å²) in [5, 5.41) is 3.09. The second kappa shape index (κ2) is 5.73. The third-order valence-corrected chi connectivity index (χ3v) is 4.96. The van der Waals surface area contributed by atoms with Crippen LogP contribution >= 0.6 is 11.8 Å². The number of rotatable bonds is 4. The number of nitrogens with two attached hydrogens (primary N) is 1. The molecule has 3 N–H and O–H groups in total. The van der Waals surface area contributed by atoms with Gasteiger partial charge in [0.2, 0.25) is 5.95 Å². The molecule has 0 atom stereocenters. The fourth-order valence-electron chi connectivity index (χ4n) is 2.40. The minimum Gasteiger partial charge on any atom is -0.368 e. The van der Waals surface area contributed by atoms with E-state index in [1.54, 1.807) is 0 Å². The van der Waals surface area contributed by atoms with Gasteiger partial charge in [0.15, 0.2) is 11.6 Å². The van der Waals surface area contributed by atoms with Crippen molar-refractivity contribution in [3.63, 3.8) is 0 Å². The molecule has 0 amide bonds. The molecule has 1 fully saturated rings. The van der Waals surface area contributed by atoms with E-state index in [-0.39, 0.29) is 16.5 Å². The lowest BCUT2D eigenvalue weighted by atomic mass is 9.88. The molecule has 0 radical (unpaired) electrons. The first-order valence-corrected chi connectivity index (χ1v) is 7.45. The highest BCUT2D eigenvalue weighted by Gasteiger charge is 2.31. The van der Waals surface area contributed by atoms with Crippen molar-refractivity contribution < 1.29 is 4.39 Å². The van der Waals surface area contributed by atoms with E-state index in [9.17, 15) is 4.39 Å². The fourth-order valence-corrected chi connectivity index (χ4v) is 3.31. The molecule has 1 heterocycles. The van der Waals surface area contributed by atoms with Gasteiger partial charge in [-0.05, 0) is 19.1 Å². The predicted molar refractivity (Wildman–Crippen MR) is 74.2 cm³/mol. The van der Waals surface area contributed by atoms with Crippen LogP contribution in [0, 0.1) is 5.82 Å². The third-order valence-electron chi connectivity index (χ3n) is 3.54. The zero-order valence-corrected chi connectivity index (χ0v) is 11.4. The Bertz CT molecular complexity index is 407. The highest BCUT2D eigenvalue weighted by atomic mass is 32.2. The Morgan fingerprint density at radius 2 is 2.17 bits per heavy atom. The van der Waals surface area contributed by atoms with E-state index in [0.717, 1.165) is 12.7 Å². The molecule has 0 unspecified atom stereocenters. The summed E-state index contributed by atoms with van der Waals surface area (Å²) in [6.45, 7) is 0.724. The number of halogens is 1. The SMILES string of the molecule is CSC1(CNc2nc(N)ncc2F)CCCCC1. The average molecular weight is 270 g/mol. The highest BCUT2D eigenvalue weighted by molar-refractivity contribution is 8.00. The largest absolute Gasteiger partial charge is 0.368 e. The van der Waals surface area contributed by atoms with Crippen LogP contribution in [-0.4, -0.2) is 27.5 Å². The van der Waals surface area contributed by atoms with Gasteiger partial charge in [-0.3, -0.25) is 0 Å². The number of hydrogen-bond donors (Lipinski definition) is 2. The lowest BCUT2D eigenvalue weighted by molar-refractivity contribution is 0.410. The van der Waals surface area contributed by atoms with Gasteiger partial charge in [-0.2, -0.15) is 16.7 Å². The van der Waals surface area contributed by atoms with Crippen LogP contribution in [0.1, 0.15) is 32.1 Å². The Labute approximate surface area is 111 Å². The molecule has 2 rings (SSSR count). The molecule has 0 aromatic carbocycles. The van der Waals surface area contributed by atoms with Gasteiger partial charge in [0.25, 0.3) is 0 Å². The first-order valence-electron chi connectivity index (χ1n) is 6.22. The molecule has 100 valence electrons. The summed E-state index contributed by atoms with van der Waals surface area (Å²) in [4.78, 5) is 7.51. The van der Waals surface area contributed by atoms with E-state index in [1.165, 1.54) is 32.1 Å². The average Bonchev–Trinajstić information content (AvgIpc) is 2.41. The quantitative estimate of drug-likeness (QED) is 0.880. The molecule has 1 aromatic rings. The van der Waals surface area contributed by atoms with Gasteiger partial charge >= 0.3 is 0 Å². The fraction of sp³-hybridized carbons (Fsp3) is 0.667.